The predicted octanol–water partition coefficient (Wildman–Crippen LogP) is -0.124. The molecule has 3 fully saturated rings. The Balaban J connectivity index is 1.66. The number of hydrogen-bond donors (Lipinski definition) is 2. The van der Waals surface area contributed by atoms with Crippen LogP contribution < -0.4 is 11.1 Å². The molecule has 1 atom stereocenters. The molecule has 0 spiro atoms. The fraction of sp³-hybridized carbons (Fsp3) is 0.900. The Labute approximate surface area is 84.2 Å². The van der Waals surface area contributed by atoms with Crippen LogP contribution in [0.25, 0.3) is 0 Å². The molecule has 0 aliphatic heterocycles. The summed E-state index contributed by atoms with van der Waals surface area (Å²) < 4.78 is 5.34. The molecule has 0 aromatic carbocycles. The maximum atomic E-state index is 10.9. The van der Waals surface area contributed by atoms with Crippen molar-refractivity contribution in [3.05, 3.63) is 0 Å². The molecule has 0 aromatic rings. The van der Waals surface area contributed by atoms with Gasteiger partial charge in [-0.05, 0) is 31.1 Å². The third-order valence-corrected chi connectivity index (χ3v) is 3.52. The molecule has 0 heterocycles. The number of carbonyl (C=O) groups is 1. The van der Waals surface area contributed by atoms with Gasteiger partial charge in [0.05, 0.1) is 6.61 Å². The normalized spacial score (nSPS) is 39.3. The smallest absolute Gasteiger partial charge is 0.245 e. The summed E-state index contributed by atoms with van der Waals surface area (Å²) in [4.78, 5) is 10.9. The van der Waals surface area contributed by atoms with Crippen molar-refractivity contribution in [3.8, 4) is 0 Å². The van der Waals surface area contributed by atoms with Gasteiger partial charge >= 0.3 is 0 Å². The Bertz CT molecular complexity index is 236. The van der Waals surface area contributed by atoms with Gasteiger partial charge in [0.1, 0.15) is 6.61 Å². The maximum Gasteiger partial charge on any atom is 0.245 e. The van der Waals surface area contributed by atoms with Crippen LogP contribution in [0.3, 0.4) is 0 Å². The van der Waals surface area contributed by atoms with Crippen molar-refractivity contribution >= 4 is 5.91 Å². The van der Waals surface area contributed by atoms with E-state index in [0.29, 0.717) is 12.5 Å². The zero-order valence-corrected chi connectivity index (χ0v) is 8.58. The Morgan fingerprint density at radius 2 is 2.29 bits per heavy atom. The van der Waals surface area contributed by atoms with Crippen LogP contribution in [0.1, 0.15) is 19.3 Å². The van der Waals surface area contributed by atoms with E-state index in [4.69, 9.17) is 10.5 Å². The van der Waals surface area contributed by atoms with Gasteiger partial charge in [0.25, 0.3) is 0 Å². The third kappa shape index (κ3) is 1.77. The molecule has 14 heavy (non-hydrogen) atoms. The first kappa shape index (κ1) is 9.93. The first-order valence-electron chi connectivity index (χ1n) is 5.20. The topological polar surface area (TPSA) is 64.3 Å². The van der Waals surface area contributed by atoms with E-state index in [1.54, 1.807) is 7.05 Å². The number of rotatable bonds is 4. The second-order valence-electron chi connectivity index (χ2n) is 4.68. The van der Waals surface area contributed by atoms with Crippen molar-refractivity contribution in [3.63, 3.8) is 0 Å². The van der Waals surface area contributed by atoms with Crippen molar-refractivity contribution in [2.24, 2.45) is 17.6 Å². The highest BCUT2D eigenvalue weighted by Gasteiger charge is 2.53. The highest BCUT2D eigenvalue weighted by Crippen LogP contribution is 2.53. The molecule has 2 bridgehead atoms. The molecule has 3 aliphatic carbocycles. The van der Waals surface area contributed by atoms with Crippen LogP contribution >= 0.6 is 0 Å². The van der Waals surface area contributed by atoms with Gasteiger partial charge in [-0.15, -0.1) is 0 Å². The van der Waals surface area contributed by atoms with E-state index in [1.165, 1.54) is 0 Å². The fourth-order valence-electron chi connectivity index (χ4n) is 2.74. The highest BCUT2D eigenvalue weighted by atomic mass is 16.5. The first-order chi connectivity index (χ1) is 6.63. The Hall–Kier alpha value is -0.610. The molecule has 1 amide bonds. The van der Waals surface area contributed by atoms with Gasteiger partial charge in [0, 0.05) is 12.6 Å². The lowest BCUT2D eigenvalue weighted by Crippen LogP contribution is -2.44. The van der Waals surface area contributed by atoms with E-state index in [9.17, 15) is 4.79 Å². The summed E-state index contributed by atoms with van der Waals surface area (Å²) in [6.45, 7) is 0.869. The summed E-state index contributed by atoms with van der Waals surface area (Å²) in [5.74, 6) is 1.28. The van der Waals surface area contributed by atoms with Crippen molar-refractivity contribution in [1.29, 1.82) is 0 Å². The van der Waals surface area contributed by atoms with E-state index >= 15 is 0 Å². The van der Waals surface area contributed by atoms with Crippen LogP contribution in [0, 0.1) is 11.8 Å². The molecule has 3 saturated carbocycles. The van der Waals surface area contributed by atoms with Crippen LogP contribution in [0.2, 0.25) is 0 Å². The number of amides is 1. The number of hydrogen-bond acceptors (Lipinski definition) is 3. The Morgan fingerprint density at radius 3 is 2.79 bits per heavy atom. The molecule has 3 aliphatic rings. The average molecular weight is 198 g/mol. The van der Waals surface area contributed by atoms with Crippen LogP contribution in [0.5, 0.6) is 0 Å². The number of ether oxygens (including phenoxy) is 1. The number of fused-ring (bicyclic) bond motifs is 1. The van der Waals surface area contributed by atoms with Crippen molar-refractivity contribution in [2.45, 2.75) is 24.8 Å². The minimum Gasteiger partial charge on any atom is -0.371 e. The first-order valence-corrected chi connectivity index (χ1v) is 5.20. The molecular formula is C10H18N2O2. The van der Waals surface area contributed by atoms with Gasteiger partial charge in [0.15, 0.2) is 0 Å². The van der Waals surface area contributed by atoms with Gasteiger partial charge in [0.2, 0.25) is 5.91 Å². The number of nitrogens with two attached hydrogens (primary N) is 1. The van der Waals surface area contributed by atoms with E-state index in [-0.39, 0.29) is 18.1 Å². The summed E-state index contributed by atoms with van der Waals surface area (Å²) in [6.07, 6.45) is 3.38. The largest absolute Gasteiger partial charge is 0.371 e. The van der Waals surface area contributed by atoms with E-state index in [0.717, 1.165) is 25.2 Å². The number of likely N-dealkylation sites (N-methyl/N-ethyl adjacent to an activating group) is 1. The van der Waals surface area contributed by atoms with Gasteiger partial charge in [-0.2, -0.15) is 0 Å². The molecule has 3 N–H and O–H groups in total. The lowest BCUT2D eigenvalue weighted by atomic mass is 9.77. The molecule has 0 saturated heterocycles. The zero-order valence-electron chi connectivity index (χ0n) is 8.58. The SMILES string of the molecule is CNC(=O)COCC1CC2(N)CC1C2. The summed E-state index contributed by atoms with van der Waals surface area (Å²) in [5.41, 5.74) is 6.17. The summed E-state index contributed by atoms with van der Waals surface area (Å²) in [7, 11) is 1.62. The fourth-order valence-corrected chi connectivity index (χ4v) is 2.74. The standard InChI is InChI=1S/C10H18N2O2/c1-12-9(13)6-14-5-8-4-10(11)2-7(8)3-10/h7-8H,2-6,11H2,1H3,(H,12,13). The highest BCUT2D eigenvalue weighted by molar-refractivity contribution is 5.76. The molecule has 4 nitrogen and oxygen atoms in total. The average Bonchev–Trinajstić information content (AvgIpc) is 2.57. The van der Waals surface area contributed by atoms with Crippen LogP contribution in [0.4, 0.5) is 0 Å². The second-order valence-corrected chi connectivity index (χ2v) is 4.68. The maximum absolute atomic E-state index is 10.9. The van der Waals surface area contributed by atoms with Crippen molar-refractivity contribution in [2.75, 3.05) is 20.3 Å². The van der Waals surface area contributed by atoms with E-state index in [1.807, 2.05) is 0 Å². The summed E-state index contributed by atoms with van der Waals surface area (Å²) in [5, 5.41) is 2.53. The van der Waals surface area contributed by atoms with Crippen LogP contribution in [-0.2, 0) is 9.53 Å². The third-order valence-electron chi connectivity index (χ3n) is 3.52. The van der Waals surface area contributed by atoms with Crippen molar-refractivity contribution < 1.29 is 9.53 Å². The lowest BCUT2D eigenvalue weighted by molar-refractivity contribution is -0.125. The van der Waals surface area contributed by atoms with Gasteiger partial charge in [-0.3, -0.25) is 4.79 Å². The van der Waals surface area contributed by atoms with Gasteiger partial charge in [-0.1, -0.05) is 0 Å². The van der Waals surface area contributed by atoms with Crippen LogP contribution in [-0.4, -0.2) is 31.7 Å². The summed E-state index contributed by atoms with van der Waals surface area (Å²) in [6, 6.07) is 0. The molecule has 1 unspecified atom stereocenters. The molecule has 4 heteroatoms. The van der Waals surface area contributed by atoms with Crippen molar-refractivity contribution in [1.82, 2.24) is 5.32 Å². The van der Waals surface area contributed by atoms with Gasteiger partial charge < -0.3 is 15.8 Å². The molecule has 80 valence electrons. The predicted molar refractivity (Wildman–Crippen MR) is 52.6 cm³/mol. The molecule has 0 aromatic heterocycles. The van der Waals surface area contributed by atoms with E-state index in [2.05, 4.69) is 5.32 Å². The second kappa shape index (κ2) is 3.51. The summed E-state index contributed by atoms with van der Waals surface area (Å²) >= 11 is 0. The number of nitrogens with one attached hydrogen (secondary N) is 1. The quantitative estimate of drug-likeness (QED) is 0.661. The molecule has 3 rings (SSSR count). The number of carbonyl (C=O) groups excluding carboxylic acids is 1. The Kier molecular flexibility index (Phi) is 2.49. The minimum absolute atomic E-state index is 0.0576. The minimum atomic E-state index is -0.0576. The molecule has 0 radical (unpaired) electrons. The lowest BCUT2D eigenvalue weighted by Gasteiger charge is -2.34. The van der Waals surface area contributed by atoms with Gasteiger partial charge in [-0.25, -0.2) is 0 Å². The monoisotopic (exact) mass is 198 g/mol. The van der Waals surface area contributed by atoms with E-state index < -0.39 is 0 Å². The van der Waals surface area contributed by atoms with Crippen LogP contribution in [0.15, 0.2) is 0 Å². The Morgan fingerprint density at radius 1 is 1.57 bits per heavy atom. The zero-order chi connectivity index (χ0) is 10.2. The molecular weight excluding hydrogens is 180 g/mol.